The summed E-state index contributed by atoms with van der Waals surface area (Å²) in [6.45, 7) is -1.57. The lowest BCUT2D eigenvalue weighted by Crippen LogP contribution is -2.41. The van der Waals surface area contributed by atoms with Gasteiger partial charge in [-0.15, -0.1) is 0 Å². The summed E-state index contributed by atoms with van der Waals surface area (Å²) in [5, 5.41) is 6.53. The predicted molar refractivity (Wildman–Crippen MR) is 81.9 cm³/mol. The van der Waals surface area contributed by atoms with Gasteiger partial charge in [0.2, 0.25) is 0 Å². The first-order valence-corrected chi connectivity index (χ1v) is 7.51. The van der Waals surface area contributed by atoms with Crippen molar-refractivity contribution in [3.8, 4) is 5.69 Å². The number of carbonyl (C=O) groups is 1. The number of halogens is 2. The summed E-state index contributed by atoms with van der Waals surface area (Å²) in [6.07, 6.45) is 3.38. The number of rotatable bonds is 6. The fourth-order valence-electron chi connectivity index (χ4n) is 2.43. The molecule has 1 aliphatic carbocycles. The number of para-hydroxylation sites is 1. The average molecular weight is 320 g/mol. The monoisotopic (exact) mass is 320 g/mol. The Kier molecular flexibility index (Phi) is 4.12. The number of nitrogens with two attached hydrogens (primary N) is 1. The molecule has 5 nitrogen and oxygen atoms in total. The first kappa shape index (κ1) is 15.6. The van der Waals surface area contributed by atoms with Crippen molar-refractivity contribution in [3.63, 3.8) is 0 Å². The van der Waals surface area contributed by atoms with Gasteiger partial charge in [0.1, 0.15) is 0 Å². The van der Waals surface area contributed by atoms with Crippen LogP contribution in [0.1, 0.15) is 34.8 Å². The maximum atomic E-state index is 13.2. The molecule has 1 aromatic carbocycles. The standard InChI is InChI=1S/C16H18F2N4O/c17-16(18,9-19)10-20-15(23)13-8-21-22(14(13)11-6-7-11)12-4-2-1-3-5-12/h1-5,8,11H,6-7,9-10,19H2,(H,20,23). The Morgan fingerprint density at radius 3 is 2.65 bits per heavy atom. The van der Waals surface area contributed by atoms with Crippen LogP contribution in [0.2, 0.25) is 0 Å². The second-order valence-electron chi connectivity index (χ2n) is 5.71. The van der Waals surface area contributed by atoms with Gasteiger partial charge in [-0.2, -0.15) is 5.10 Å². The van der Waals surface area contributed by atoms with Crippen LogP contribution in [0.5, 0.6) is 0 Å². The van der Waals surface area contributed by atoms with E-state index in [4.69, 9.17) is 5.73 Å². The van der Waals surface area contributed by atoms with Gasteiger partial charge in [-0.3, -0.25) is 4.79 Å². The third kappa shape index (κ3) is 3.39. The van der Waals surface area contributed by atoms with Crippen molar-refractivity contribution in [1.29, 1.82) is 0 Å². The maximum absolute atomic E-state index is 13.2. The molecule has 23 heavy (non-hydrogen) atoms. The highest BCUT2D eigenvalue weighted by molar-refractivity contribution is 5.95. The highest BCUT2D eigenvalue weighted by Crippen LogP contribution is 2.42. The summed E-state index contributed by atoms with van der Waals surface area (Å²) in [7, 11) is 0. The number of nitrogens with zero attached hydrogens (tertiary/aromatic N) is 2. The number of benzene rings is 1. The molecule has 0 radical (unpaired) electrons. The van der Waals surface area contributed by atoms with Crippen molar-refractivity contribution in [2.75, 3.05) is 13.1 Å². The number of hydrogen-bond donors (Lipinski definition) is 2. The number of aromatic nitrogens is 2. The molecule has 3 N–H and O–H groups in total. The third-order valence-electron chi connectivity index (χ3n) is 3.82. The zero-order valence-electron chi connectivity index (χ0n) is 12.5. The molecule has 7 heteroatoms. The molecule has 122 valence electrons. The second kappa shape index (κ2) is 6.08. The summed E-state index contributed by atoms with van der Waals surface area (Å²) in [5.41, 5.74) is 6.96. The molecule has 0 spiro atoms. The van der Waals surface area contributed by atoms with Crippen LogP contribution in [0.15, 0.2) is 36.5 Å². The Bertz CT molecular complexity index is 695. The van der Waals surface area contributed by atoms with Gasteiger partial charge in [0, 0.05) is 5.92 Å². The van der Waals surface area contributed by atoms with E-state index in [0.717, 1.165) is 24.2 Å². The zero-order chi connectivity index (χ0) is 16.4. The van der Waals surface area contributed by atoms with Crippen LogP contribution in [0.4, 0.5) is 8.78 Å². The van der Waals surface area contributed by atoms with E-state index < -0.39 is 24.9 Å². The first-order valence-electron chi connectivity index (χ1n) is 7.51. The third-order valence-corrected chi connectivity index (χ3v) is 3.82. The van der Waals surface area contributed by atoms with Crippen molar-refractivity contribution in [1.82, 2.24) is 15.1 Å². The highest BCUT2D eigenvalue weighted by Gasteiger charge is 2.34. The quantitative estimate of drug-likeness (QED) is 0.856. The molecular weight excluding hydrogens is 302 g/mol. The van der Waals surface area contributed by atoms with E-state index in [1.165, 1.54) is 6.20 Å². The molecule has 0 aliphatic heterocycles. The van der Waals surface area contributed by atoms with Gasteiger partial charge in [0.15, 0.2) is 0 Å². The van der Waals surface area contributed by atoms with E-state index in [1.54, 1.807) is 4.68 Å². The minimum atomic E-state index is -3.11. The van der Waals surface area contributed by atoms with Crippen LogP contribution < -0.4 is 11.1 Å². The van der Waals surface area contributed by atoms with Crippen LogP contribution in [0, 0.1) is 0 Å². The summed E-state index contributed by atoms with van der Waals surface area (Å²) < 4.78 is 28.1. The van der Waals surface area contributed by atoms with Crippen LogP contribution in [0.25, 0.3) is 5.69 Å². The molecule has 0 unspecified atom stereocenters. The molecule has 0 saturated heterocycles. The summed E-state index contributed by atoms with van der Waals surface area (Å²) >= 11 is 0. The smallest absolute Gasteiger partial charge is 0.277 e. The normalized spacial score (nSPS) is 14.7. The molecule has 1 saturated carbocycles. The lowest BCUT2D eigenvalue weighted by Gasteiger charge is -2.15. The minimum Gasteiger partial charge on any atom is -0.346 e. The minimum absolute atomic E-state index is 0.244. The lowest BCUT2D eigenvalue weighted by molar-refractivity contribution is 0.0118. The molecule has 1 amide bonds. The van der Waals surface area contributed by atoms with Gasteiger partial charge >= 0.3 is 0 Å². The SMILES string of the molecule is NCC(F)(F)CNC(=O)c1cnn(-c2ccccc2)c1C1CC1. The second-order valence-corrected chi connectivity index (χ2v) is 5.71. The van der Waals surface area contributed by atoms with Gasteiger partial charge < -0.3 is 11.1 Å². The number of nitrogens with one attached hydrogen (secondary N) is 1. The maximum Gasteiger partial charge on any atom is 0.277 e. The molecule has 1 heterocycles. The van der Waals surface area contributed by atoms with Crippen LogP contribution >= 0.6 is 0 Å². The summed E-state index contributed by atoms with van der Waals surface area (Å²) in [5.74, 6) is -3.40. The fourth-order valence-corrected chi connectivity index (χ4v) is 2.43. The van der Waals surface area contributed by atoms with E-state index in [-0.39, 0.29) is 5.92 Å². The van der Waals surface area contributed by atoms with Crippen molar-refractivity contribution >= 4 is 5.91 Å². The van der Waals surface area contributed by atoms with Gasteiger partial charge in [0.25, 0.3) is 11.8 Å². The molecule has 1 aliphatic rings. The predicted octanol–water partition coefficient (Wildman–Crippen LogP) is 2.07. The number of carbonyl (C=O) groups excluding carboxylic acids is 1. The van der Waals surface area contributed by atoms with Gasteiger partial charge in [-0.1, -0.05) is 18.2 Å². The Balaban J connectivity index is 1.86. The largest absolute Gasteiger partial charge is 0.346 e. The average Bonchev–Trinajstić information content (AvgIpc) is 3.31. The van der Waals surface area contributed by atoms with Gasteiger partial charge in [-0.05, 0) is 25.0 Å². The van der Waals surface area contributed by atoms with Gasteiger partial charge in [0.05, 0.1) is 36.2 Å². The lowest BCUT2D eigenvalue weighted by atomic mass is 10.1. The zero-order valence-corrected chi connectivity index (χ0v) is 12.5. The van der Waals surface area contributed by atoms with Crippen LogP contribution in [-0.2, 0) is 0 Å². The molecule has 3 rings (SSSR count). The Labute approximate surface area is 132 Å². The number of hydrogen-bond acceptors (Lipinski definition) is 3. The Hall–Kier alpha value is -2.28. The molecule has 2 aromatic rings. The molecule has 1 aromatic heterocycles. The number of alkyl halides is 2. The van der Waals surface area contributed by atoms with E-state index in [2.05, 4.69) is 10.4 Å². The van der Waals surface area contributed by atoms with E-state index in [0.29, 0.717) is 5.56 Å². The highest BCUT2D eigenvalue weighted by atomic mass is 19.3. The Morgan fingerprint density at radius 2 is 2.04 bits per heavy atom. The van der Waals surface area contributed by atoms with Crippen molar-refractivity contribution < 1.29 is 13.6 Å². The molecule has 0 atom stereocenters. The van der Waals surface area contributed by atoms with Crippen LogP contribution in [-0.4, -0.2) is 34.7 Å². The Morgan fingerprint density at radius 1 is 1.35 bits per heavy atom. The fraction of sp³-hybridized carbons (Fsp3) is 0.375. The van der Waals surface area contributed by atoms with Crippen molar-refractivity contribution in [2.45, 2.75) is 24.7 Å². The summed E-state index contributed by atoms with van der Waals surface area (Å²) in [4.78, 5) is 12.3. The number of amides is 1. The van der Waals surface area contributed by atoms with Crippen molar-refractivity contribution in [2.24, 2.45) is 5.73 Å². The molecule has 1 fully saturated rings. The topological polar surface area (TPSA) is 72.9 Å². The summed E-state index contributed by atoms with van der Waals surface area (Å²) in [6, 6.07) is 9.45. The molecule has 0 bridgehead atoms. The van der Waals surface area contributed by atoms with Crippen molar-refractivity contribution in [3.05, 3.63) is 47.8 Å². The molecular formula is C16H18F2N4O. The first-order chi connectivity index (χ1) is 11.0. The van der Waals surface area contributed by atoms with Gasteiger partial charge in [-0.25, -0.2) is 13.5 Å². The van der Waals surface area contributed by atoms with E-state index >= 15 is 0 Å². The van der Waals surface area contributed by atoms with Crippen LogP contribution in [0.3, 0.4) is 0 Å². The van der Waals surface area contributed by atoms with E-state index in [1.807, 2.05) is 30.3 Å². The van der Waals surface area contributed by atoms with E-state index in [9.17, 15) is 13.6 Å².